The van der Waals surface area contributed by atoms with Crippen LogP contribution in [0.1, 0.15) is 44.3 Å². The van der Waals surface area contributed by atoms with Crippen LogP contribution in [0.5, 0.6) is 5.75 Å². The molecule has 6 nitrogen and oxygen atoms in total. The van der Waals surface area contributed by atoms with E-state index < -0.39 is 6.10 Å². The highest BCUT2D eigenvalue weighted by molar-refractivity contribution is 5.87. The van der Waals surface area contributed by atoms with Crippen molar-refractivity contribution in [1.29, 1.82) is 0 Å². The van der Waals surface area contributed by atoms with Crippen molar-refractivity contribution in [3.63, 3.8) is 0 Å². The molecular formula is C22H31N3O3. The molecule has 0 bridgehead atoms. The van der Waals surface area contributed by atoms with Gasteiger partial charge in [0.15, 0.2) is 0 Å². The van der Waals surface area contributed by atoms with Gasteiger partial charge in [-0.15, -0.1) is 0 Å². The van der Waals surface area contributed by atoms with Gasteiger partial charge in [0.25, 0.3) is 0 Å². The molecule has 1 aromatic carbocycles. The molecule has 0 radical (unpaired) electrons. The smallest absolute Gasteiger partial charge is 0.248 e. The van der Waals surface area contributed by atoms with Crippen molar-refractivity contribution in [2.75, 3.05) is 26.2 Å². The van der Waals surface area contributed by atoms with Crippen molar-refractivity contribution in [2.24, 2.45) is 11.8 Å². The van der Waals surface area contributed by atoms with Gasteiger partial charge in [-0.2, -0.15) is 0 Å². The number of nitrogens with one attached hydrogen (secondary N) is 2. The summed E-state index contributed by atoms with van der Waals surface area (Å²) < 4.78 is 0. The number of fused-ring (bicyclic) bond motifs is 2. The van der Waals surface area contributed by atoms with Crippen molar-refractivity contribution in [3.05, 3.63) is 40.2 Å². The first kappa shape index (κ1) is 19.4. The summed E-state index contributed by atoms with van der Waals surface area (Å²) in [6.07, 6.45) is 4.23. The third-order valence-corrected chi connectivity index (χ3v) is 6.52. The van der Waals surface area contributed by atoms with Crippen LogP contribution in [-0.2, 0) is 0 Å². The zero-order valence-corrected chi connectivity index (χ0v) is 16.5. The molecule has 2 aliphatic rings. The maximum Gasteiger partial charge on any atom is 0.248 e. The number of phenols is 1. The second kappa shape index (κ2) is 8.23. The van der Waals surface area contributed by atoms with Crippen LogP contribution in [0.25, 0.3) is 10.9 Å². The number of aliphatic hydroxyl groups is 1. The predicted octanol–water partition coefficient (Wildman–Crippen LogP) is 2.37. The van der Waals surface area contributed by atoms with Gasteiger partial charge >= 0.3 is 0 Å². The van der Waals surface area contributed by atoms with Gasteiger partial charge in [-0.1, -0.05) is 19.4 Å². The van der Waals surface area contributed by atoms with Gasteiger partial charge in [-0.25, -0.2) is 0 Å². The van der Waals surface area contributed by atoms with E-state index in [-0.39, 0.29) is 11.3 Å². The average Bonchev–Trinajstić information content (AvgIpc) is 3.23. The number of rotatable bonds is 7. The molecule has 28 heavy (non-hydrogen) atoms. The summed E-state index contributed by atoms with van der Waals surface area (Å²) in [5, 5.41) is 25.0. The molecule has 2 aromatic rings. The summed E-state index contributed by atoms with van der Waals surface area (Å²) >= 11 is 0. The number of aliphatic hydroxyl groups excluding tert-OH is 1. The molecule has 1 aliphatic heterocycles. The number of hydrogen-bond acceptors (Lipinski definition) is 5. The summed E-state index contributed by atoms with van der Waals surface area (Å²) in [4.78, 5) is 16.8. The first-order chi connectivity index (χ1) is 13.5. The number of unbranched alkanes of at least 4 members (excludes halogenated alkanes) is 1. The van der Waals surface area contributed by atoms with Gasteiger partial charge in [0, 0.05) is 37.1 Å². The summed E-state index contributed by atoms with van der Waals surface area (Å²) in [7, 11) is 0. The number of likely N-dealkylation sites (tertiary alicyclic amines) is 1. The lowest BCUT2D eigenvalue weighted by molar-refractivity contribution is 0.170. The molecule has 1 saturated carbocycles. The van der Waals surface area contributed by atoms with E-state index in [9.17, 15) is 15.0 Å². The van der Waals surface area contributed by atoms with E-state index in [0.29, 0.717) is 23.5 Å². The summed E-state index contributed by atoms with van der Waals surface area (Å²) in [5.41, 5.74) is 0.838. The second-order valence-corrected chi connectivity index (χ2v) is 8.51. The first-order valence-electron chi connectivity index (χ1n) is 10.5. The Balaban J connectivity index is 1.35. The highest BCUT2D eigenvalue weighted by Gasteiger charge is 2.40. The summed E-state index contributed by atoms with van der Waals surface area (Å²) in [6.45, 7) is 6.40. The molecule has 0 amide bonds. The van der Waals surface area contributed by atoms with Crippen LogP contribution < -0.4 is 10.9 Å². The van der Waals surface area contributed by atoms with Crippen molar-refractivity contribution in [1.82, 2.24) is 15.2 Å². The number of aromatic amines is 1. The van der Waals surface area contributed by atoms with Crippen LogP contribution in [-0.4, -0.2) is 52.3 Å². The fourth-order valence-electron chi connectivity index (χ4n) is 5.07. The lowest BCUT2D eigenvalue weighted by atomic mass is 10.0. The molecule has 2 fully saturated rings. The van der Waals surface area contributed by atoms with Gasteiger partial charge < -0.3 is 25.4 Å². The lowest BCUT2D eigenvalue weighted by Gasteiger charge is -2.21. The fraction of sp³-hybridized carbons (Fsp3) is 0.591. The Bertz CT molecular complexity index is 867. The molecule has 1 aromatic heterocycles. The van der Waals surface area contributed by atoms with E-state index in [1.165, 1.54) is 57.5 Å². The fourth-order valence-corrected chi connectivity index (χ4v) is 5.07. The Morgan fingerprint density at radius 3 is 2.68 bits per heavy atom. The van der Waals surface area contributed by atoms with E-state index in [1.807, 2.05) is 0 Å². The number of aromatic nitrogens is 1. The van der Waals surface area contributed by atoms with Gasteiger partial charge in [0.1, 0.15) is 5.75 Å². The maximum atomic E-state index is 11.5. The zero-order chi connectivity index (χ0) is 19.7. The molecule has 4 rings (SSSR count). The molecule has 2 heterocycles. The molecule has 1 saturated heterocycles. The minimum Gasteiger partial charge on any atom is -0.506 e. The number of hydrogen-bond donors (Lipinski definition) is 4. The number of nitrogens with zero attached hydrogens (tertiary/aromatic N) is 1. The largest absolute Gasteiger partial charge is 0.506 e. The monoisotopic (exact) mass is 385 g/mol. The van der Waals surface area contributed by atoms with E-state index in [2.05, 4.69) is 22.1 Å². The van der Waals surface area contributed by atoms with Crippen LogP contribution in [0.15, 0.2) is 29.1 Å². The average molecular weight is 386 g/mol. The minimum absolute atomic E-state index is 0.0212. The first-order valence-corrected chi connectivity index (χ1v) is 10.5. The molecule has 6 heteroatoms. The topological polar surface area (TPSA) is 88.6 Å². The lowest BCUT2D eigenvalue weighted by Crippen LogP contribution is -2.33. The van der Waals surface area contributed by atoms with Crippen molar-refractivity contribution < 1.29 is 10.2 Å². The number of pyridine rings is 1. The minimum atomic E-state index is -0.685. The van der Waals surface area contributed by atoms with E-state index in [0.717, 1.165) is 17.4 Å². The standard InChI is InChI=1S/C22H31N3O3/c1-2-3-8-25-12-14-9-16(10-15(14)13-25)23-11-20(27)17-4-6-19(26)22-18(17)5-7-21(28)24-22/h4-7,14-16,20,23,26-27H,2-3,8-13H2,1H3,(H,24,28). The van der Waals surface area contributed by atoms with E-state index >= 15 is 0 Å². The van der Waals surface area contributed by atoms with Crippen LogP contribution in [0.4, 0.5) is 0 Å². The quantitative estimate of drug-likeness (QED) is 0.588. The van der Waals surface area contributed by atoms with Gasteiger partial charge in [0.05, 0.1) is 11.6 Å². The van der Waals surface area contributed by atoms with Crippen LogP contribution in [0.3, 0.4) is 0 Å². The molecule has 4 N–H and O–H groups in total. The SMILES string of the molecule is CCCCN1CC2CC(NCC(O)c3ccc(O)c4[nH]c(=O)ccc34)CC2C1. The number of phenolic OH excluding ortho intramolecular Hbond substituents is 1. The van der Waals surface area contributed by atoms with Gasteiger partial charge in [0.2, 0.25) is 5.56 Å². The summed E-state index contributed by atoms with van der Waals surface area (Å²) in [5.74, 6) is 1.59. The van der Waals surface area contributed by atoms with Crippen LogP contribution in [0.2, 0.25) is 0 Å². The molecular weight excluding hydrogens is 354 g/mol. The van der Waals surface area contributed by atoms with Gasteiger partial charge in [-0.05, 0) is 55.3 Å². The molecule has 3 unspecified atom stereocenters. The highest BCUT2D eigenvalue weighted by Crippen LogP contribution is 2.38. The third-order valence-electron chi connectivity index (χ3n) is 6.52. The normalized spacial score (nSPS) is 26.0. The van der Waals surface area contributed by atoms with Crippen LogP contribution in [0, 0.1) is 11.8 Å². The number of benzene rings is 1. The Kier molecular flexibility index (Phi) is 5.71. The number of aromatic hydroxyl groups is 1. The number of H-pyrrole nitrogens is 1. The molecule has 3 atom stereocenters. The zero-order valence-electron chi connectivity index (χ0n) is 16.5. The van der Waals surface area contributed by atoms with Crippen molar-refractivity contribution in [3.8, 4) is 5.75 Å². The van der Waals surface area contributed by atoms with Crippen molar-refractivity contribution in [2.45, 2.75) is 44.8 Å². The molecule has 0 spiro atoms. The Morgan fingerprint density at radius 1 is 1.21 bits per heavy atom. The third kappa shape index (κ3) is 3.95. The Morgan fingerprint density at radius 2 is 1.96 bits per heavy atom. The molecule has 1 aliphatic carbocycles. The molecule has 152 valence electrons. The van der Waals surface area contributed by atoms with Crippen LogP contribution >= 0.6 is 0 Å². The van der Waals surface area contributed by atoms with Gasteiger partial charge in [-0.3, -0.25) is 4.79 Å². The highest BCUT2D eigenvalue weighted by atomic mass is 16.3. The second-order valence-electron chi connectivity index (χ2n) is 8.51. The van der Waals surface area contributed by atoms with E-state index in [4.69, 9.17) is 0 Å². The predicted molar refractivity (Wildman–Crippen MR) is 111 cm³/mol. The maximum absolute atomic E-state index is 11.5. The Labute approximate surface area is 165 Å². The summed E-state index contributed by atoms with van der Waals surface area (Å²) in [6, 6.07) is 6.81. The Hall–Kier alpha value is -1.89. The van der Waals surface area contributed by atoms with Crippen molar-refractivity contribution >= 4 is 10.9 Å². The van der Waals surface area contributed by atoms with E-state index in [1.54, 1.807) is 12.1 Å².